The number of aromatic nitrogens is 1. The Morgan fingerprint density at radius 1 is 1.19 bits per heavy atom. The number of likely N-dealkylation sites (tertiary alicyclic amines) is 1. The monoisotopic (exact) mass is 601 g/mol. The molecular formula is C29H37F2N7O5. The van der Waals surface area contributed by atoms with Gasteiger partial charge in [-0.1, -0.05) is 13.8 Å². The minimum absolute atomic E-state index is 0.0279. The van der Waals surface area contributed by atoms with Crippen LogP contribution in [0, 0.1) is 23.2 Å². The molecule has 4 amide bonds. The number of nitrogens with one attached hydrogen (secondary N) is 3. The lowest BCUT2D eigenvalue weighted by atomic mass is 9.90. The van der Waals surface area contributed by atoms with Gasteiger partial charge in [-0.3, -0.25) is 24.2 Å². The maximum Gasteiger partial charge on any atom is 0.268 e. The number of nitriles is 1. The molecule has 2 unspecified atom stereocenters. The molecule has 1 aliphatic rings. The summed E-state index contributed by atoms with van der Waals surface area (Å²) >= 11 is 0. The molecule has 1 aromatic heterocycles. The Morgan fingerprint density at radius 2 is 1.95 bits per heavy atom. The zero-order valence-electron chi connectivity index (χ0n) is 24.2. The molecule has 12 nitrogen and oxygen atoms in total. The van der Waals surface area contributed by atoms with Gasteiger partial charge < -0.3 is 31.3 Å². The lowest BCUT2D eigenvalue weighted by Gasteiger charge is -2.20. The van der Waals surface area contributed by atoms with Crippen molar-refractivity contribution in [2.24, 2.45) is 17.6 Å². The SMILES string of the molecule is CC(C)C(CCC(=O)NCCN)C(=O)NCCOc1ccc2nccc(C(=O)NCC(=O)N3CC(F)(F)CC3C#N)c2c1. The van der Waals surface area contributed by atoms with E-state index in [0.29, 0.717) is 36.2 Å². The van der Waals surface area contributed by atoms with Crippen molar-refractivity contribution in [3.63, 3.8) is 0 Å². The van der Waals surface area contributed by atoms with Crippen LogP contribution in [-0.4, -0.2) is 84.8 Å². The van der Waals surface area contributed by atoms with Crippen molar-refractivity contribution in [1.82, 2.24) is 25.8 Å². The number of benzene rings is 1. The van der Waals surface area contributed by atoms with E-state index >= 15 is 0 Å². The summed E-state index contributed by atoms with van der Waals surface area (Å²) in [5.74, 6) is -4.80. The summed E-state index contributed by atoms with van der Waals surface area (Å²) in [5, 5.41) is 17.5. The van der Waals surface area contributed by atoms with Crippen LogP contribution in [-0.2, 0) is 14.4 Å². The molecule has 1 fully saturated rings. The molecule has 2 aromatic rings. The highest BCUT2D eigenvalue weighted by Crippen LogP contribution is 2.31. The molecular weight excluding hydrogens is 564 g/mol. The summed E-state index contributed by atoms with van der Waals surface area (Å²) in [6.07, 6.45) is 1.31. The first-order valence-electron chi connectivity index (χ1n) is 14.1. The molecule has 1 saturated heterocycles. The largest absolute Gasteiger partial charge is 0.492 e. The molecule has 232 valence electrons. The first kappa shape index (κ1) is 33.1. The maximum atomic E-state index is 13.7. The lowest BCUT2D eigenvalue weighted by molar-refractivity contribution is -0.131. The van der Waals surface area contributed by atoms with Gasteiger partial charge in [-0.15, -0.1) is 0 Å². The lowest BCUT2D eigenvalue weighted by Crippen LogP contribution is -2.43. The van der Waals surface area contributed by atoms with E-state index in [1.54, 1.807) is 24.3 Å². The Balaban J connectivity index is 1.55. The molecule has 43 heavy (non-hydrogen) atoms. The number of nitrogens with zero attached hydrogens (tertiary/aromatic N) is 3. The third-order valence-electron chi connectivity index (χ3n) is 7.06. The number of ether oxygens (including phenoxy) is 1. The number of carbonyl (C=O) groups excluding carboxylic acids is 4. The van der Waals surface area contributed by atoms with Gasteiger partial charge in [0, 0.05) is 43.4 Å². The fourth-order valence-corrected chi connectivity index (χ4v) is 4.79. The molecule has 5 N–H and O–H groups in total. The van der Waals surface area contributed by atoms with Crippen LogP contribution in [0.25, 0.3) is 10.9 Å². The number of hydrogen-bond acceptors (Lipinski definition) is 8. The van der Waals surface area contributed by atoms with Crippen LogP contribution in [0.1, 0.15) is 43.5 Å². The Hall–Kier alpha value is -4.38. The number of nitrogens with two attached hydrogens (primary N) is 1. The van der Waals surface area contributed by atoms with Crippen LogP contribution in [0.15, 0.2) is 30.5 Å². The van der Waals surface area contributed by atoms with E-state index in [1.807, 2.05) is 13.8 Å². The highest BCUT2D eigenvalue weighted by molar-refractivity contribution is 6.07. The molecule has 0 radical (unpaired) electrons. The molecule has 0 aliphatic carbocycles. The number of amides is 4. The van der Waals surface area contributed by atoms with Gasteiger partial charge >= 0.3 is 0 Å². The van der Waals surface area contributed by atoms with E-state index in [1.165, 1.54) is 12.3 Å². The number of fused-ring (bicyclic) bond motifs is 1. The van der Waals surface area contributed by atoms with Crippen molar-refractivity contribution in [2.45, 2.75) is 45.1 Å². The minimum atomic E-state index is -3.15. The number of rotatable bonds is 14. The van der Waals surface area contributed by atoms with Crippen molar-refractivity contribution in [1.29, 1.82) is 5.26 Å². The Bertz CT molecular complexity index is 1360. The molecule has 1 aromatic carbocycles. The van der Waals surface area contributed by atoms with Crippen molar-refractivity contribution in [3.05, 3.63) is 36.0 Å². The first-order chi connectivity index (χ1) is 20.5. The molecule has 1 aliphatic heterocycles. The van der Waals surface area contributed by atoms with Crippen molar-refractivity contribution >= 4 is 34.5 Å². The summed E-state index contributed by atoms with van der Waals surface area (Å²) in [5.41, 5.74) is 6.07. The van der Waals surface area contributed by atoms with E-state index in [4.69, 9.17) is 15.7 Å². The highest BCUT2D eigenvalue weighted by Gasteiger charge is 2.47. The number of halogens is 2. The van der Waals surface area contributed by atoms with Crippen LogP contribution < -0.4 is 26.4 Å². The van der Waals surface area contributed by atoms with E-state index in [-0.39, 0.29) is 48.8 Å². The zero-order valence-corrected chi connectivity index (χ0v) is 24.2. The van der Waals surface area contributed by atoms with Gasteiger partial charge in [0.2, 0.25) is 17.7 Å². The standard InChI is InChI=1S/C29H37F2N7O5/c1-18(2)21(4-6-25(39)35-10-8-32)27(41)36-11-12-43-20-3-5-24-23(13-20)22(7-9-34-24)28(42)37-16-26(40)38-17-29(30,31)14-19(38)15-33/h3,5,7,9,13,18-19,21H,4,6,8,10-12,14,16-17,32H2,1-2H3,(H,35,39)(H,36,41)(H,37,42). The van der Waals surface area contributed by atoms with Crippen LogP contribution >= 0.6 is 0 Å². The first-order valence-corrected chi connectivity index (χ1v) is 14.1. The van der Waals surface area contributed by atoms with Gasteiger partial charge in [-0.25, -0.2) is 8.78 Å². The van der Waals surface area contributed by atoms with Gasteiger partial charge in [0.25, 0.3) is 11.8 Å². The second kappa shape index (κ2) is 15.2. The molecule has 0 spiro atoms. The Labute approximate surface area is 248 Å². The number of hydrogen-bond donors (Lipinski definition) is 4. The van der Waals surface area contributed by atoms with Crippen molar-refractivity contribution in [2.75, 3.05) is 39.3 Å². The quantitative estimate of drug-likeness (QED) is 0.234. The van der Waals surface area contributed by atoms with E-state index < -0.39 is 43.3 Å². The van der Waals surface area contributed by atoms with Crippen molar-refractivity contribution < 1.29 is 32.7 Å². The number of carbonyl (C=O) groups is 4. The fraction of sp³-hybridized carbons (Fsp3) is 0.517. The topological polar surface area (TPSA) is 180 Å². The minimum Gasteiger partial charge on any atom is -0.492 e. The second-order valence-electron chi connectivity index (χ2n) is 10.6. The van der Waals surface area contributed by atoms with E-state index in [0.717, 1.165) is 4.90 Å². The summed E-state index contributed by atoms with van der Waals surface area (Å²) in [4.78, 5) is 55.0. The molecule has 2 atom stereocenters. The van der Waals surface area contributed by atoms with Gasteiger partial charge in [0.1, 0.15) is 18.4 Å². The Kier molecular flexibility index (Phi) is 11.7. The number of alkyl halides is 2. The predicted molar refractivity (Wildman–Crippen MR) is 153 cm³/mol. The van der Waals surface area contributed by atoms with Gasteiger partial charge in [-0.2, -0.15) is 5.26 Å². The predicted octanol–water partition coefficient (Wildman–Crippen LogP) is 1.35. The third kappa shape index (κ3) is 9.31. The van der Waals surface area contributed by atoms with Gasteiger partial charge in [0.05, 0.1) is 36.8 Å². The average molecular weight is 602 g/mol. The van der Waals surface area contributed by atoms with Crippen LogP contribution in [0.2, 0.25) is 0 Å². The Morgan fingerprint density at radius 3 is 2.65 bits per heavy atom. The summed E-state index contributed by atoms with van der Waals surface area (Å²) in [6.45, 7) is 3.48. The zero-order chi connectivity index (χ0) is 31.6. The smallest absolute Gasteiger partial charge is 0.268 e. The third-order valence-corrected chi connectivity index (χ3v) is 7.06. The summed E-state index contributed by atoms with van der Waals surface area (Å²) < 4.78 is 33.2. The molecule has 14 heteroatoms. The molecule has 0 saturated carbocycles. The van der Waals surface area contributed by atoms with E-state index in [9.17, 15) is 28.0 Å². The highest BCUT2D eigenvalue weighted by atomic mass is 19.3. The van der Waals surface area contributed by atoms with Crippen molar-refractivity contribution in [3.8, 4) is 11.8 Å². The summed E-state index contributed by atoms with van der Waals surface area (Å²) in [7, 11) is 0. The number of pyridine rings is 1. The molecule has 0 bridgehead atoms. The van der Waals surface area contributed by atoms with Crippen LogP contribution in [0.4, 0.5) is 8.78 Å². The fourth-order valence-electron chi connectivity index (χ4n) is 4.79. The normalized spacial score (nSPS) is 16.4. The summed E-state index contributed by atoms with van der Waals surface area (Å²) in [6, 6.07) is 6.82. The molecule has 2 heterocycles. The van der Waals surface area contributed by atoms with Crippen LogP contribution in [0.5, 0.6) is 5.75 Å². The molecule has 3 rings (SSSR count). The average Bonchev–Trinajstić information content (AvgIpc) is 3.30. The van der Waals surface area contributed by atoms with E-state index in [2.05, 4.69) is 20.9 Å². The second-order valence-corrected chi connectivity index (χ2v) is 10.6. The van der Waals surface area contributed by atoms with Gasteiger partial charge in [-0.05, 0) is 36.6 Å². The van der Waals surface area contributed by atoms with Gasteiger partial charge in [0.15, 0.2) is 0 Å². The van der Waals surface area contributed by atoms with Crippen LogP contribution in [0.3, 0.4) is 0 Å². The maximum absolute atomic E-state index is 13.7.